The Morgan fingerprint density at radius 1 is 0.727 bits per heavy atom. The van der Waals surface area contributed by atoms with E-state index in [1.807, 2.05) is 36.4 Å². The fourth-order valence-electron chi connectivity index (χ4n) is 2.55. The fraction of sp³-hybridized carbons (Fsp3) is 0. The molecule has 0 bridgehead atoms. The standard InChI is InChI=1S/C18H12O4/c19-17(20)12-8-9-15(18(21)22)16(10-12)14-7-3-5-11-4-1-2-6-13(11)14/h1-10H,(H,19,20)(H,21,22). The van der Waals surface area contributed by atoms with Crippen LogP contribution in [-0.4, -0.2) is 22.2 Å². The van der Waals surface area contributed by atoms with Crippen molar-refractivity contribution in [2.45, 2.75) is 0 Å². The van der Waals surface area contributed by atoms with Crippen molar-refractivity contribution in [2.24, 2.45) is 0 Å². The molecule has 3 rings (SSSR count). The summed E-state index contributed by atoms with van der Waals surface area (Å²) in [6, 6.07) is 17.2. The summed E-state index contributed by atoms with van der Waals surface area (Å²) >= 11 is 0. The first-order valence-corrected chi connectivity index (χ1v) is 6.66. The first-order valence-electron chi connectivity index (χ1n) is 6.66. The van der Waals surface area contributed by atoms with E-state index in [9.17, 15) is 14.7 Å². The van der Waals surface area contributed by atoms with Gasteiger partial charge in [-0.05, 0) is 40.1 Å². The predicted octanol–water partition coefficient (Wildman–Crippen LogP) is 3.90. The van der Waals surface area contributed by atoms with E-state index in [-0.39, 0.29) is 11.1 Å². The number of hydrogen-bond acceptors (Lipinski definition) is 2. The number of carboxylic acid groups (broad SMARTS) is 2. The Morgan fingerprint density at radius 2 is 1.45 bits per heavy atom. The van der Waals surface area contributed by atoms with Gasteiger partial charge in [-0.15, -0.1) is 0 Å². The molecule has 0 radical (unpaired) electrons. The predicted molar refractivity (Wildman–Crippen MR) is 83.3 cm³/mol. The number of carboxylic acids is 2. The Labute approximate surface area is 126 Å². The van der Waals surface area contributed by atoms with Crippen LogP contribution >= 0.6 is 0 Å². The summed E-state index contributed by atoms with van der Waals surface area (Å²) in [5, 5.41) is 20.4. The third-order valence-electron chi connectivity index (χ3n) is 3.58. The molecule has 3 aromatic rings. The zero-order valence-corrected chi connectivity index (χ0v) is 11.5. The number of rotatable bonds is 3. The maximum atomic E-state index is 11.5. The van der Waals surface area contributed by atoms with E-state index in [4.69, 9.17) is 5.11 Å². The molecule has 4 heteroatoms. The average Bonchev–Trinajstić information content (AvgIpc) is 2.53. The van der Waals surface area contributed by atoms with Gasteiger partial charge in [-0.25, -0.2) is 9.59 Å². The van der Waals surface area contributed by atoms with Crippen LogP contribution in [0.2, 0.25) is 0 Å². The summed E-state index contributed by atoms with van der Waals surface area (Å²) in [5.41, 5.74) is 1.26. The van der Waals surface area contributed by atoms with Crippen molar-refractivity contribution < 1.29 is 19.8 Å². The molecule has 0 fully saturated rings. The van der Waals surface area contributed by atoms with E-state index in [0.717, 1.165) is 10.8 Å². The lowest BCUT2D eigenvalue weighted by Crippen LogP contribution is -2.03. The summed E-state index contributed by atoms with van der Waals surface area (Å²) in [7, 11) is 0. The molecule has 0 aliphatic carbocycles. The minimum absolute atomic E-state index is 0.0629. The smallest absolute Gasteiger partial charge is 0.336 e. The molecule has 0 saturated carbocycles. The van der Waals surface area contributed by atoms with Crippen LogP contribution in [0, 0.1) is 0 Å². The van der Waals surface area contributed by atoms with Gasteiger partial charge in [-0.2, -0.15) is 0 Å². The average molecular weight is 292 g/mol. The van der Waals surface area contributed by atoms with Gasteiger partial charge in [0, 0.05) is 0 Å². The van der Waals surface area contributed by atoms with Crippen molar-refractivity contribution in [3.63, 3.8) is 0 Å². The molecule has 0 heterocycles. The molecule has 0 atom stereocenters. The van der Waals surface area contributed by atoms with Gasteiger partial charge < -0.3 is 10.2 Å². The zero-order valence-electron chi connectivity index (χ0n) is 11.5. The number of fused-ring (bicyclic) bond motifs is 1. The van der Waals surface area contributed by atoms with E-state index in [0.29, 0.717) is 11.1 Å². The molecular weight excluding hydrogens is 280 g/mol. The molecule has 0 saturated heterocycles. The van der Waals surface area contributed by atoms with Gasteiger partial charge >= 0.3 is 11.9 Å². The van der Waals surface area contributed by atoms with Crippen LogP contribution in [0.25, 0.3) is 21.9 Å². The maximum absolute atomic E-state index is 11.5. The molecule has 22 heavy (non-hydrogen) atoms. The molecule has 0 spiro atoms. The van der Waals surface area contributed by atoms with Gasteiger partial charge in [0.25, 0.3) is 0 Å². The van der Waals surface area contributed by atoms with E-state index < -0.39 is 11.9 Å². The van der Waals surface area contributed by atoms with Gasteiger partial charge in [-0.1, -0.05) is 42.5 Å². The van der Waals surface area contributed by atoms with Crippen LogP contribution in [0.5, 0.6) is 0 Å². The normalized spacial score (nSPS) is 10.5. The lowest BCUT2D eigenvalue weighted by atomic mass is 9.93. The Morgan fingerprint density at radius 3 is 2.18 bits per heavy atom. The van der Waals surface area contributed by atoms with Crippen molar-refractivity contribution in [3.05, 3.63) is 71.8 Å². The number of aromatic carboxylic acids is 2. The largest absolute Gasteiger partial charge is 0.478 e. The molecule has 0 aliphatic rings. The molecule has 2 N–H and O–H groups in total. The topological polar surface area (TPSA) is 74.6 Å². The second-order valence-corrected chi connectivity index (χ2v) is 4.90. The van der Waals surface area contributed by atoms with Crippen LogP contribution < -0.4 is 0 Å². The minimum atomic E-state index is -1.08. The van der Waals surface area contributed by atoms with Gasteiger partial charge in [0.05, 0.1) is 11.1 Å². The lowest BCUT2D eigenvalue weighted by Gasteiger charge is -2.11. The van der Waals surface area contributed by atoms with E-state index in [1.54, 1.807) is 6.07 Å². The van der Waals surface area contributed by atoms with Crippen LogP contribution in [0.15, 0.2) is 60.7 Å². The second-order valence-electron chi connectivity index (χ2n) is 4.90. The number of benzene rings is 3. The molecule has 0 unspecified atom stereocenters. The zero-order chi connectivity index (χ0) is 15.7. The Hall–Kier alpha value is -3.14. The highest BCUT2D eigenvalue weighted by Gasteiger charge is 2.16. The number of hydrogen-bond donors (Lipinski definition) is 2. The molecule has 0 aromatic heterocycles. The van der Waals surface area contributed by atoms with E-state index in [1.165, 1.54) is 18.2 Å². The van der Waals surface area contributed by atoms with Crippen LogP contribution in [0.4, 0.5) is 0 Å². The number of carbonyl (C=O) groups is 2. The third-order valence-corrected chi connectivity index (χ3v) is 3.58. The van der Waals surface area contributed by atoms with E-state index >= 15 is 0 Å². The summed E-state index contributed by atoms with van der Waals surface area (Å²) < 4.78 is 0. The van der Waals surface area contributed by atoms with Crippen molar-refractivity contribution in [3.8, 4) is 11.1 Å². The Bertz CT molecular complexity index is 891. The van der Waals surface area contributed by atoms with Gasteiger partial charge in [0.2, 0.25) is 0 Å². The van der Waals surface area contributed by atoms with Crippen molar-refractivity contribution >= 4 is 22.7 Å². The van der Waals surface area contributed by atoms with Crippen LogP contribution in [0.1, 0.15) is 20.7 Å². The highest BCUT2D eigenvalue weighted by molar-refractivity contribution is 6.05. The summed E-state index contributed by atoms with van der Waals surface area (Å²) in [4.78, 5) is 22.6. The molecule has 108 valence electrons. The van der Waals surface area contributed by atoms with Crippen molar-refractivity contribution in [1.82, 2.24) is 0 Å². The van der Waals surface area contributed by atoms with Crippen molar-refractivity contribution in [1.29, 1.82) is 0 Å². The summed E-state index contributed by atoms with van der Waals surface area (Å²) in [5.74, 6) is -2.17. The minimum Gasteiger partial charge on any atom is -0.478 e. The first-order chi connectivity index (χ1) is 10.6. The third kappa shape index (κ3) is 2.31. The van der Waals surface area contributed by atoms with Gasteiger partial charge in [0.1, 0.15) is 0 Å². The second kappa shape index (κ2) is 5.33. The van der Waals surface area contributed by atoms with Crippen LogP contribution in [0.3, 0.4) is 0 Å². The van der Waals surface area contributed by atoms with Gasteiger partial charge in [-0.3, -0.25) is 0 Å². The fourth-order valence-corrected chi connectivity index (χ4v) is 2.55. The van der Waals surface area contributed by atoms with Crippen LogP contribution in [-0.2, 0) is 0 Å². The molecule has 3 aromatic carbocycles. The summed E-state index contributed by atoms with van der Waals surface area (Å²) in [6.07, 6.45) is 0. The highest BCUT2D eigenvalue weighted by atomic mass is 16.4. The maximum Gasteiger partial charge on any atom is 0.336 e. The SMILES string of the molecule is O=C(O)c1ccc(C(=O)O)c(-c2cccc3ccccc23)c1. The molecule has 0 amide bonds. The monoisotopic (exact) mass is 292 g/mol. The van der Waals surface area contributed by atoms with Crippen molar-refractivity contribution in [2.75, 3.05) is 0 Å². The summed E-state index contributed by atoms with van der Waals surface area (Å²) in [6.45, 7) is 0. The van der Waals surface area contributed by atoms with Gasteiger partial charge in [0.15, 0.2) is 0 Å². The Kier molecular flexibility index (Phi) is 3.35. The molecule has 0 aliphatic heterocycles. The Balaban J connectivity index is 2.35. The quantitative estimate of drug-likeness (QED) is 0.767. The highest BCUT2D eigenvalue weighted by Crippen LogP contribution is 2.32. The first kappa shape index (κ1) is 13.8. The molecule has 4 nitrogen and oxygen atoms in total. The van der Waals surface area contributed by atoms with E-state index in [2.05, 4.69) is 0 Å². The molecular formula is C18H12O4. The lowest BCUT2D eigenvalue weighted by molar-refractivity contribution is 0.0682.